The summed E-state index contributed by atoms with van der Waals surface area (Å²) in [7, 11) is 2.14. The van der Waals surface area contributed by atoms with E-state index < -0.39 is 0 Å². The lowest BCUT2D eigenvalue weighted by atomic mass is 9.99. The Labute approximate surface area is 66.8 Å². The average Bonchev–Trinajstić information content (AvgIpc) is 2.32. The first-order valence-electron chi connectivity index (χ1n) is 4.27. The Morgan fingerprint density at radius 2 is 2.36 bits per heavy atom. The summed E-state index contributed by atoms with van der Waals surface area (Å²) in [5, 5.41) is 3.03. The van der Waals surface area contributed by atoms with Gasteiger partial charge in [0.1, 0.15) is 0 Å². The van der Waals surface area contributed by atoms with E-state index in [1.54, 1.807) is 0 Å². The third kappa shape index (κ3) is 1.13. The summed E-state index contributed by atoms with van der Waals surface area (Å²) in [6.07, 6.45) is 2.89. The molecule has 2 fully saturated rings. The fraction of sp³-hybridized carbons (Fsp3) is 0.875. The van der Waals surface area contributed by atoms with Crippen molar-refractivity contribution in [3.8, 4) is 0 Å². The number of hydrogen-bond acceptors (Lipinski definition) is 2. The standard InChI is InChI=1S/C8H14N2O/c1-10-5-4-6-7(10)2-3-8(11)9-6/h6-7H,2-5H2,1H3,(H,9,11). The topological polar surface area (TPSA) is 32.3 Å². The number of likely N-dealkylation sites (tertiary alicyclic amines) is 1. The third-order valence-electron chi connectivity index (χ3n) is 2.84. The van der Waals surface area contributed by atoms with Crippen LogP contribution in [-0.4, -0.2) is 36.5 Å². The van der Waals surface area contributed by atoms with Crippen LogP contribution < -0.4 is 5.32 Å². The summed E-state index contributed by atoms with van der Waals surface area (Å²) in [6, 6.07) is 1.06. The van der Waals surface area contributed by atoms with Crippen LogP contribution in [0.3, 0.4) is 0 Å². The summed E-state index contributed by atoms with van der Waals surface area (Å²) < 4.78 is 0. The van der Waals surface area contributed by atoms with Crippen LogP contribution in [0.2, 0.25) is 0 Å². The van der Waals surface area contributed by atoms with Crippen molar-refractivity contribution in [1.82, 2.24) is 10.2 Å². The minimum atomic E-state index is 0.238. The van der Waals surface area contributed by atoms with Gasteiger partial charge in [-0.1, -0.05) is 0 Å². The van der Waals surface area contributed by atoms with Crippen molar-refractivity contribution in [3.05, 3.63) is 0 Å². The molecule has 62 valence electrons. The Balaban J connectivity index is 2.05. The molecule has 2 unspecified atom stereocenters. The molecule has 0 aromatic heterocycles. The van der Waals surface area contributed by atoms with Crippen molar-refractivity contribution in [1.29, 1.82) is 0 Å². The van der Waals surface area contributed by atoms with Gasteiger partial charge in [-0.2, -0.15) is 0 Å². The maximum atomic E-state index is 11.0. The van der Waals surface area contributed by atoms with E-state index >= 15 is 0 Å². The lowest BCUT2D eigenvalue weighted by molar-refractivity contribution is -0.123. The van der Waals surface area contributed by atoms with E-state index in [2.05, 4.69) is 17.3 Å². The number of nitrogens with one attached hydrogen (secondary N) is 1. The summed E-state index contributed by atoms with van der Waals surface area (Å²) in [5.74, 6) is 0.238. The van der Waals surface area contributed by atoms with Gasteiger partial charge in [0.15, 0.2) is 0 Å². The zero-order valence-electron chi connectivity index (χ0n) is 6.84. The molecule has 2 heterocycles. The average molecular weight is 154 g/mol. The third-order valence-corrected chi connectivity index (χ3v) is 2.84. The molecule has 3 heteroatoms. The van der Waals surface area contributed by atoms with Crippen LogP contribution in [0, 0.1) is 0 Å². The van der Waals surface area contributed by atoms with Gasteiger partial charge in [0, 0.05) is 25.0 Å². The molecule has 0 bridgehead atoms. The number of fused-ring (bicyclic) bond motifs is 1. The number of likely N-dealkylation sites (N-methyl/N-ethyl adjacent to an activating group) is 1. The van der Waals surface area contributed by atoms with Gasteiger partial charge < -0.3 is 10.2 Å². The fourth-order valence-electron chi connectivity index (χ4n) is 2.16. The van der Waals surface area contributed by atoms with Crippen molar-refractivity contribution in [2.24, 2.45) is 0 Å². The molecule has 2 aliphatic heterocycles. The largest absolute Gasteiger partial charge is 0.352 e. The maximum Gasteiger partial charge on any atom is 0.220 e. The predicted molar refractivity (Wildman–Crippen MR) is 42.2 cm³/mol. The number of amides is 1. The van der Waals surface area contributed by atoms with Crippen LogP contribution in [0.25, 0.3) is 0 Å². The molecule has 2 rings (SSSR count). The minimum absolute atomic E-state index is 0.238. The molecular formula is C8H14N2O. The first-order valence-corrected chi connectivity index (χ1v) is 4.27. The first-order chi connectivity index (χ1) is 5.27. The number of hydrogen-bond donors (Lipinski definition) is 1. The van der Waals surface area contributed by atoms with Crippen molar-refractivity contribution < 1.29 is 4.79 Å². The van der Waals surface area contributed by atoms with E-state index in [0.717, 1.165) is 19.4 Å². The second kappa shape index (κ2) is 2.48. The molecule has 0 aromatic rings. The normalized spacial score (nSPS) is 38.5. The van der Waals surface area contributed by atoms with Gasteiger partial charge in [-0.15, -0.1) is 0 Å². The molecule has 1 N–H and O–H groups in total. The monoisotopic (exact) mass is 154 g/mol. The highest BCUT2D eigenvalue weighted by atomic mass is 16.1. The van der Waals surface area contributed by atoms with Crippen molar-refractivity contribution in [3.63, 3.8) is 0 Å². The first kappa shape index (κ1) is 7.10. The SMILES string of the molecule is CN1CCC2NC(=O)CCC21. The Morgan fingerprint density at radius 1 is 1.55 bits per heavy atom. The summed E-state index contributed by atoms with van der Waals surface area (Å²) >= 11 is 0. The van der Waals surface area contributed by atoms with Gasteiger partial charge in [0.05, 0.1) is 0 Å². The van der Waals surface area contributed by atoms with Crippen LogP contribution >= 0.6 is 0 Å². The Kier molecular flexibility index (Phi) is 1.60. The molecule has 0 radical (unpaired) electrons. The van der Waals surface area contributed by atoms with Gasteiger partial charge in [0.25, 0.3) is 0 Å². The number of carbonyl (C=O) groups excluding carboxylic acids is 1. The molecule has 0 spiro atoms. The Hall–Kier alpha value is -0.570. The summed E-state index contributed by atoms with van der Waals surface area (Å²) in [4.78, 5) is 13.3. The van der Waals surface area contributed by atoms with E-state index in [-0.39, 0.29) is 5.91 Å². The van der Waals surface area contributed by atoms with Crippen molar-refractivity contribution >= 4 is 5.91 Å². The molecule has 0 aromatic carbocycles. The quantitative estimate of drug-likeness (QED) is 0.531. The number of piperidine rings is 1. The zero-order chi connectivity index (χ0) is 7.84. The van der Waals surface area contributed by atoms with Crippen LogP contribution in [0.5, 0.6) is 0 Å². The second-order valence-electron chi connectivity index (χ2n) is 3.55. The van der Waals surface area contributed by atoms with Gasteiger partial charge >= 0.3 is 0 Å². The van der Waals surface area contributed by atoms with E-state index in [1.807, 2.05) is 0 Å². The predicted octanol–water partition coefficient (Wildman–Crippen LogP) is -0.0309. The van der Waals surface area contributed by atoms with Crippen LogP contribution in [0.1, 0.15) is 19.3 Å². The molecule has 2 atom stereocenters. The molecule has 2 saturated heterocycles. The highest BCUT2D eigenvalue weighted by Gasteiger charge is 2.35. The maximum absolute atomic E-state index is 11.0. The van der Waals surface area contributed by atoms with Gasteiger partial charge in [0.2, 0.25) is 5.91 Å². The van der Waals surface area contributed by atoms with Crippen molar-refractivity contribution in [2.75, 3.05) is 13.6 Å². The number of carbonyl (C=O) groups is 1. The molecule has 0 saturated carbocycles. The molecule has 1 amide bonds. The number of nitrogens with zero attached hydrogens (tertiary/aromatic N) is 1. The highest BCUT2D eigenvalue weighted by molar-refractivity contribution is 5.77. The molecule has 0 aliphatic carbocycles. The molecule has 11 heavy (non-hydrogen) atoms. The lowest BCUT2D eigenvalue weighted by Crippen LogP contribution is -2.48. The van der Waals surface area contributed by atoms with Crippen molar-refractivity contribution in [2.45, 2.75) is 31.3 Å². The minimum Gasteiger partial charge on any atom is -0.352 e. The van der Waals surface area contributed by atoms with Crippen LogP contribution in [0.4, 0.5) is 0 Å². The molecule has 2 aliphatic rings. The summed E-state index contributed by atoms with van der Waals surface area (Å²) in [5.41, 5.74) is 0. The Bertz CT molecular complexity index is 181. The van der Waals surface area contributed by atoms with Gasteiger partial charge in [-0.05, 0) is 19.9 Å². The van der Waals surface area contributed by atoms with Crippen LogP contribution in [0.15, 0.2) is 0 Å². The summed E-state index contributed by atoms with van der Waals surface area (Å²) in [6.45, 7) is 1.13. The Morgan fingerprint density at radius 3 is 3.18 bits per heavy atom. The molecular weight excluding hydrogens is 140 g/mol. The van der Waals surface area contributed by atoms with Crippen LogP contribution in [-0.2, 0) is 4.79 Å². The number of rotatable bonds is 0. The van der Waals surface area contributed by atoms with E-state index in [9.17, 15) is 4.79 Å². The van der Waals surface area contributed by atoms with E-state index in [4.69, 9.17) is 0 Å². The fourth-order valence-corrected chi connectivity index (χ4v) is 2.16. The van der Waals surface area contributed by atoms with E-state index in [0.29, 0.717) is 18.5 Å². The zero-order valence-corrected chi connectivity index (χ0v) is 6.84. The lowest BCUT2D eigenvalue weighted by Gasteiger charge is -2.29. The van der Waals surface area contributed by atoms with Gasteiger partial charge in [-0.3, -0.25) is 4.79 Å². The van der Waals surface area contributed by atoms with Gasteiger partial charge in [-0.25, -0.2) is 0 Å². The highest BCUT2D eigenvalue weighted by Crippen LogP contribution is 2.23. The smallest absolute Gasteiger partial charge is 0.220 e. The second-order valence-corrected chi connectivity index (χ2v) is 3.55. The molecule has 3 nitrogen and oxygen atoms in total. The van der Waals surface area contributed by atoms with E-state index in [1.165, 1.54) is 0 Å².